The number of aliphatic hydroxyl groups excluding tert-OH is 2. The molecular formula is C17H26ClN6O9PS. The first-order chi connectivity index (χ1) is 16.3. The molecule has 4 rings (SSSR count). The highest BCUT2D eigenvalue weighted by Gasteiger charge is 2.46. The molecule has 5 N–H and O–H groups in total. The van der Waals surface area contributed by atoms with E-state index in [9.17, 15) is 33.0 Å². The number of halogens is 1. The van der Waals surface area contributed by atoms with Gasteiger partial charge in [-0.05, 0) is 24.4 Å². The highest BCUT2D eigenvalue weighted by molar-refractivity contribution is 7.91. The van der Waals surface area contributed by atoms with E-state index < -0.39 is 60.2 Å². The summed E-state index contributed by atoms with van der Waals surface area (Å²) in [5, 5.41) is 32.3. The first-order valence-corrected chi connectivity index (χ1v) is 14.9. The number of rotatable bonds is 9. The molecule has 0 radical (unpaired) electrons. The quantitative estimate of drug-likeness (QED) is 0.192. The molecule has 0 bridgehead atoms. The van der Waals surface area contributed by atoms with Gasteiger partial charge in [-0.15, -0.1) is 5.10 Å². The number of nitrogens with zero attached hydrogens (tertiary/aromatic N) is 5. The Morgan fingerprint density at radius 3 is 2.57 bits per heavy atom. The van der Waals surface area contributed by atoms with Crippen molar-refractivity contribution in [3.05, 3.63) is 5.28 Å². The number of hydrogen-bond acceptors (Lipinski definition) is 12. The average Bonchev–Trinajstić information content (AvgIpc) is 3.45. The van der Waals surface area contributed by atoms with E-state index in [4.69, 9.17) is 21.1 Å². The molecule has 1 unspecified atom stereocenters. The van der Waals surface area contributed by atoms with Gasteiger partial charge in [0.25, 0.3) is 0 Å². The molecule has 2 fully saturated rings. The molecule has 2 aliphatic rings. The molecule has 0 aromatic carbocycles. The predicted molar refractivity (Wildman–Crippen MR) is 121 cm³/mol. The van der Waals surface area contributed by atoms with Crippen LogP contribution in [0.2, 0.25) is 5.28 Å². The Morgan fingerprint density at radius 1 is 1.26 bits per heavy atom. The molecule has 5 atom stereocenters. The number of aliphatic hydroxyl groups is 2. The fourth-order valence-electron chi connectivity index (χ4n) is 4.12. The Kier molecular flexibility index (Phi) is 7.67. The number of sulfone groups is 1. The van der Waals surface area contributed by atoms with Gasteiger partial charge < -0.3 is 34.8 Å². The number of fused-ring (bicyclic) bond motifs is 1. The van der Waals surface area contributed by atoms with Gasteiger partial charge in [0.15, 0.2) is 38.9 Å². The number of nitrogens with one attached hydrogen (secondary N) is 1. The Labute approximate surface area is 204 Å². The lowest BCUT2D eigenvalue weighted by atomic mass is 10.1. The van der Waals surface area contributed by atoms with Crippen LogP contribution in [0.15, 0.2) is 0 Å². The summed E-state index contributed by atoms with van der Waals surface area (Å²) in [5.74, 6) is -2.53. The minimum atomic E-state index is -4.95. The van der Waals surface area contributed by atoms with Crippen molar-refractivity contribution >= 4 is 46.0 Å². The van der Waals surface area contributed by atoms with Crippen molar-refractivity contribution in [1.82, 2.24) is 25.0 Å². The van der Waals surface area contributed by atoms with Crippen molar-refractivity contribution in [2.45, 2.75) is 62.1 Å². The van der Waals surface area contributed by atoms with Crippen molar-refractivity contribution < 1.29 is 42.5 Å². The molecule has 3 heterocycles. The standard InChI is InChI=1S/C17H26ClN6O9PS/c1-35(30,31)7-10(34(27,28)29)32-6-9-12(25)13(26)16(33-9)24-15-11(22-23-24)14(20-17(18)21-15)19-8-4-2-3-5-8/h8-10,12-13,16,25-26H,2-7H2,1H3,(H,19,20,21)(H2,27,28,29)/t9-,10?,12-,13-,16-/m1/s1. The number of ether oxygens (including phenoxy) is 2. The molecule has 196 valence electrons. The van der Waals surface area contributed by atoms with E-state index in [1.807, 2.05) is 0 Å². The number of hydrogen-bond donors (Lipinski definition) is 5. The van der Waals surface area contributed by atoms with Gasteiger partial charge >= 0.3 is 7.60 Å². The van der Waals surface area contributed by atoms with Crippen LogP contribution in [0.3, 0.4) is 0 Å². The first-order valence-electron chi connectivity index (χ1n) is 10.7. The van der Waals surface area contributed by atoms with Crippen LogP contribution in [0.1, 0.15) is 31.9 Å². The summed E-state index contributed by atoms with van der Waals surface area (Å²) in [6, 6.07) is 0.194. The monoisotopic (exact) mass is 556 g/mol. The van der Waals surface area contributed by atoms with Gasteiger partial charge in [-0.2, -0.15) is 14.6 Å². The lowest BCUT2D eigenvalue weighted by Gasteiger charge is -2.21. The van der Waals surface area contributed by atoms with Crippen LogP contribution >= 0.6 is 19.2 Å². The molecule has 2 aromatic heterocycles. The summed E-state index contributed by atoms with van der Waals surface area (Å²) in [6.07, 6.45) is -0.757. The zero-order valence-corrected chi connectivity index (χ0v) is 21.0. The lowest BCUT2D eigenvalue weighted by molar-refractivity contribution is -0.0744. The predicted octanol–water partition coefficient (Wildman–Crippen LogP) is -0.587. The minimum absolute atomic E-state index is 0.0975. The minimum Gasteiger partial charge on any atom is -0.387 e. The fourth-order valence-corrected chi connectivity index (χ4v) is 6.76. The van der Waals surface area contributed by atoms with Gasteiger partial charge in [0.2, 0.25) is 5.28 Å². The SMILES string of the molecule is CS(=O)(=O)CC(OC[C@H]1O[C@@H](n2nnc3c(NC4CCCC4)nc(Cl)nc32)[C@H](O)[C@@H]1O)P(=O)(O)O. The molecule has 0 spiro atoms. The Hall–Kier alpha value is -1.49. The van der Waals surface area contributed by atoms with Crippen molar-refractivity contribution in [2.24, 2.45) is 0 Å². The molecule has 1 aliphatic carbocycles. The van der Waals surface area contributed by atoms with Crippen LogP contribution < -0.4 is 5.32 Å². The van der Waals surface area contributed by atoms with Crippen molar-refractivity contribution in [1.29, 1.82) is 0 Å². The van der Waals surface area contributed by atoms with Gasteiger partial charge in [0, 0.05) is 12.3 Å². The fraction of sp³-hybridized carbons (Fsp3) is 0.765. The van der Waals surface area contributed by atoms with E-state index in [0.717, 1.165) is 36.6 Å². The van der Waals surface area contributed by atoms with Crippen LogP contribution in [0, 0.1) is 0 Å². The summed E-state index contributed by atoms with van der Waals surface area (Å²) in [4.78, 5) is 27.2. The summed E-state index contributed by atoms with van der Waals surface area (Å²) >= 11 is 6.09. The molecule has 2 aromatic rings. The summed E-state index contributed by atoms with van der Waals surface area (Å²) in [6.45, 7) is -0.614. The Balaban J connectivity index is 1.53. The second-order valence-corrected chi connectivity index (χ2v) is 13.0. The third kappa shape index (κ3) is 6.09. The second kappa shape index (κ2) is 10.1. The highest BCUT2D eigenvalue weighted by Crippen LogP contribution is 2.43. The van der Waals surface area contributed by atoms with Gasteiger partial charge in [-0.3, -0.25) is 4.57 Å². The normalized spacial score (nSPS) is 27.0. The van der Waals surface area contributed by atoms with Crippen LogP contribution in [-0.2, 0) is 23.9 Å². The summed E-state index contributed by atoms with van der Waals surface area (Å²) in [7, 11) is -8.74. The van der Waals surface area contributed by atoms with E-state index in [-0.39, 0.29) is 22.5 Å². The molecule has 1 saturated carbocycles. The molecule has 0 amide bonds. The van der Waals surface area contributed by atoms with Crippen LogP contribution in [0.4, 0.5) is 5.82 Å². The average molecular weight is 557 g/mol. The van der Waals surface area contributed by atoms with Crippen molar-refractivity contribution in [3.63, 3.8) is 0 Å². The number of aromatic nitrogens is 5. The first kappa shape index (κ1) is 26.6. The third-order valence-electron chi connectivity index (χ3n) is 5.84. The van der Waals surface area contributed by atoms with Gasteiger partial charge in [0.1, 0.15) is 18.3 Å². The molecule has 35 heavy (non-hydrogen) atoms. The zero-order valence-electron chi connectivity index (χ0n) is 18.5. The molecule has 18 heteroatoms. The summed E-state index contributed by atoms with van der Waals surface area (Å²) in [5.41, 5.74) is 0.412. The van der Waals surface area contributed by atoms with Gasteiger partial charge in [-0.25, -0.2) is 8.42 Å². The van der Waals surface area contributed by atoms with Crippen LogP contribution in [-0.4, -0.2) is 102 Å². The summed E-state index contributed by atoms with van der Waals surface area (Å²) < 4.78 is 46.5. The largest absolute Gasteiger partial charge is 0.387 e. The molecule has 1 aliphatic heterocycles. The molecule has 15 nitrogen and oxygen atoms in total. The van der Waals surface area contributed by atoms with Gasteiger partial charge in [-0.1, -0.05) is 18.1 Å². The van der Waals surface area contributed by atoms with Crippen molar-refractivity contribution in [2.75, 3.05) is 23.9 Å². The lowest BCUT2D eigenvalue weighted by Crippen LogP contribution is -2.36. The number of anilines is 1. The Morgan fingerprint density at radius 2 is 1.94 bits per heavy atom. The smallest absolute Gasteiger partial charge is 0.355 e. The highest BCUT2D eigenvalue weighted by atomic mass is 35.5. The van der Waals surface area contributed by atoms with E-state index in [2.05, 4.69) is 25.6 Å². The maximum absolute atomic E-state index is 11.6. The van der Waals surface area contributed by atoms with E-state index in [0.29, 0.717) is 5.82 Å². The van der Waals surface area contributed by atoms with Crippen LogP contribution in [0.5, 0.6) is 0 Å². The maximum atomic E-state index is 11.6. The van der Waals surface area contributed by atoms with E-state index >= 15 is 0 Å². The zero-order chi connectivity index (χ0) is 25.5. The van der Waals surface area contributed by atoms with E-state index in [1.54, 1.807) is 0 Å². The van der Waals surface area contributed by atoms with Crippen LogP contribution in [0.25, 0.3) is 11.2 Å². The van der Waals surface area contributed by atoms with Gasteiger partial charge in [0.05, 0.1) is 12.4 Å². The maximum Gasteiger partial charge on any atom is 0.355 e. The Bertz CT molecular complexity index is 1220. The molecule has 1 saturated heterocycles. The second-order valence-electron chi connectivity index (χ2n) is 8.69. The third-order valence-corrected chi connectivity index (χ3v) is 8.25. The topological polar surface area (TPSA) is 219 Å². The van der Waals surface area contributed by atoms with E-state index in [1.165, 1.54) is 0 Å². The van der Waals surface area contributed by atoms with Crippen molar-refractivity contribution in [3.8, 4) is 0 Å². The molecular weight excluding hydrogens is 531 g/mol.